The summed E-state index contributed by atoms with van der Waals surface area (Å²) in [6, 6.07) is 0.000375. The Labute approximate surface area is 126 Å². The van der Waals surface area contributed by atoms with Crippen molar-refractivity contribution in [1.82, 2.24) is 15.1 Å². The van der Waals surface area contributed by atoms with Crippen LogP contribution in [0.5, 0.6) is 0 Å². The van der Waals surface area contributed by atoms with E-state index in [2.05, 4.69) is 17.3 Å². The van der Waals surface area contributed by atoms with Gasteiger partial charge in [-0.05, 0) is 32.7 Å². The number of urea groups is 1. The van der Waals surface area contributed by atoms with E-state index in [9.17, 15) is 14.7 Å². The molecule has 2 heterocycles. The van der Waals surface area contributed by atoms with Gasteiger partial charge in [-0.15, -0.1) is 0 Å². The molecule has 0 aromatic carbocycles. The quantitative estimate of drug-likeness (QED) is 0.807. The van der Waals surface area contributed by atoms with Crippen LogP contribution >= 0.6 is 0 Å². The number of aliphatic carboxylic acids is 1. The summed E-state index contributed by atoms with van der Waals surface area (Å²) >= 11 is 0. The number of rotatable bonds is 5. The molecule has 2 aliphatic heterocycles. The highest BCUT2D eigenvalue weighted by Crippen LogP contribution is 2.28. The Bertz CT molecular complexity index is 388. The fourth-order valence-corrected chi connectivity index (χ4v) is 3.40. The van der Waals surface area contributed by atoms with Crippen molar-refractivity contribution in [3.8, 4) is 0 Å². The Hall–Kier alpha value is -1.30. The first-order valence-electron chi connectivity index (χ1n) is 8.03. The van der Waals surface area contributed by atoms with Crippen LogP contribution in [0.25, 0.3) is 0 Å². The summed E-state index contributed by atoms with van der Waals surface area (Å²) in [6.07, 6.45) is 5.56. The Kier molecular flexibility index (Phi) is 5.45. The number of unbranched alkanes of at least 4 members (excludes halogenated alkanes) is 1. The summed E-state index contributed by atoms with van der Waals surface area (Å²) in [5, 5.41) is 11.9. The second kappa shape index (κ2) is 7.11. The maximum Gasteiger partial charge on any atom is 0.326 e. The molecule has 0 aliphatic carbocycles. The van der Waals surface area contributed by atoms with Crippen LogP contribution < -0.4 is 5.32 Å². The molecule has 6 nitrogen and oxygen atoms in total. The third-order valence-corrected chi connectivity index (χ3v) is 4.88. The molecule has 0 spiro atoms. The first-order chi connectivity index (χ1) is 10.0. The fraction of sp³-hybridized carbons (Fsp3) is 0.867. The summed E-state index contributed by atoms with van der Waals surface area (Å²) in [4.78, 5) is 27.7. The maximum atomic E-state index is 12.3. The lowest BCUT2D eigenvalue weighted by Crippen LogP contribution is -2.50. The van der Waals surface area contributed by atoms with Crippen molar-refractivity contribution in [2.45, 2.75) is 63.6 Å². The van der Waals surface area contributed by atoms with E-state index in [1.807, 2.05) is 6.92 Å². The number of likely N-dealkylation sites (N-methyl/N-ethyl adjacent to an activating group) is 1. The van der Waals surface area contributed by atoms with Crippen LogP contribution in [0.15, 0.2) is 0 Å². The predicted octanol–water partition coefficient (Wildman–Crippen LogP) is 1.51. The molecule has 6 heteroatoms. The maximum absolute atomic E-state index is 12.3. The van der Waals surface area contributed by atoms with Crippen molar-refractivity contribution < 1.29 is 14.7 Å². The van der Waals surface area contributed by atoms with Crippen molar-refractivity contribution in [3.05, 3.63) is 0 Å². The molecule has 120 valence electrons. The Morgan fingerprint density at radius 2 is 2.00 bits per heavy atom. The molecule has 3 atom stereocenters. The van der Waals surface area contributed by atoms with Gasteiger partial charge in [0.05, 0.1) is 0 Å². The number of carbonyl (C=O) groups excluding carboxylic acids is 1. The second-order valence-corrected chi connectivity index (χ2v) is 6.27. The summed E-state index contributed by atoms with van der Waals surface area (Å²) < 4.78 is 0. The molecular weight excluding hydrogens is 270 g/mol. The highest BCUT2D eigenvalue weighted by atomic mass is 16.4. The number of hydrogen-bond acceptors (Lipinski definition) is 3. The minimum atomic E-state index is -0.940. The van der Waals surface area contributed by atoms with E-state index in [1.165, 1.54) is 6.42 Å². The van der Waals surface area contributed by atoms with Gasteiger partial charge >= 0.3 is 12.0 Å². The summed E-state index contributed by atoms with van der Waals surface area (Å²) in [7, 11) is 2.13. The zero-order valence-corrected chi connectivity index (χ0v) is 13.0. The lowest BCUT2D eigenvalue weighted by atomic mass is 10.1. The average Bonchev–Trinajstić information content (AvgIpc) is 2.67. The number of amides is 2. The van der Waals surface area contributed by atoms with Crippen LogP contribution in [0, 0.1) is 0 Å². The van der Waals surface area contributed by atoms with Crippen LogP contribution in [0.4, 0.5) is 4.79 Å². The van der Waals surface area contributed by atoms with E-state index in [1.54, 1.807) is 4.90 Å². The van der Waals surface area contributed by atoms with E-state index in [0.29, 0.717) is 25.0 Å². The highest BCUT2D eigenvalue weighted by molar-refractivity contribution is 5.82. The molecule has 0 saturated carbocycles. The van der Waals surface area contributed by atoms with E-state index in [4.69, 9.17) is 0 Å². The van der Waals surface area contributed by atoms with E-state index in [-0.39, 0.29) is 6.03 Å². The zero-order valence-electron chi connectivity index (χ0n) is 13.0. The van der Waals surface area contributed by atoms with E-state index >= 15 is 0 Å². The van der Waals surface area contributed by atoms with Crippen molar-refractivity contribution in [2.75, 3.05) is 20.1 Å². The van der Waals surface area contributed by atoms with Crippen LogP contribution in [0.2, 0.25) is 0 Å². The van der Waals surface area contributed by atoms with Gasteiger partial charge in [-0.3, -0.25) is 4.90 Å². The molecule has 0 aromatic heterocycles. The largest absolute Gasteiger partial charge is 0.480 e. The van der Waals surface area contributed by atoms with Crippen molar-refractivity contribution in [2.24, 2.45) is 0 Å². The van der Waals surface area contributed by atoms with Gasteiger partial charge in [0.2, 0.25) is 0 Å². The normalized spacial score (nSPS) is 27.2. The van der Waals surface area contributed by atoms with Crippen molar-refractivity contribution in [1.29, 1.82) is 0 Å². The molecule has 2 amide bonds. The van der Waals surface area contributed by atoms with E-state index < -0.39 is 12.0 Å². The zero-order chi connectivity index (χ0) is 15.4. The second-order valence-electron chi connectivity index (χ2n) is 6.27. The summed E-state index contributed by atoms with van der Waals surface area (Å²) in [6.45, 7) is 3.44. The number of likely N-dealkylation sites (tertiary alicyclic amines) is 1. The number of carboxylic acids is 1. The topological polar surface area (TPSA) is 72.9 Å². The van der Waals surface area contributed by atoms with Crippen molar-refractivity contribution in [3.63, 3.8) is 0 Å². The summed E-state index contributed by atoms with van der Waals surface area (Å²) in [5.74, 6) is -0.940. The van der Waals surface area contributed by atoms with Gasteiger partial charge in [-0.1, -0.05) is 19.8 Å². The first kappa shape index (κ1) is 16.1. The molecule has 2 rings (SSSR count). The number of carbonyl (C=O) groups is 2. The van der Waals surface area contributed by atoms with Gasteiger partial charge in [-0.2, -0.15) is 0 Å². The smallest absolute Gasteiger partial charge is 0.326 e. The number of nitrogens with one attached hydrogen (secondary N) is 1. The van der Waals surface area contributed by atoms with Gasteiger partial charge in [0.15, 0.2) is 0 Å². The lowest BCUT2D eigenvalue weighted by molar-refractivity contribution is -0.139. The molecule has 2 N–H and O–H groups in total. The van der Waals surface area contributed by atoms with Crippen LogP contribution in [-0.2, 0) is 4.79 Å². The summed E-state index contributed by atoms with van der Waals surface area (Å²) in [5.41, 5.74) is 0. The fourth-order valence-electron chi connectivity index (χ4n) is 3.40. The van der Waals surface area contributed by atoms with Gasteiger partial charge < -0.3 is 15.3 Å². The molecule has 2 aliphatic rings. The molecule has 0 radical (unpaired) electrons. The third kappa shape index (κ3) is 3.87. The van der Waals surface area contributed by atoms with Gasteiger partial charge in [0.25, 0.3) is 0 Å². The van der Waals surface area contributed by atoms with Gasteiger partial charge in [0, 0.05) is 25.2 Å². The molecule has 21 heavy (non-hydrogen) atoms. The van der Waals surface area contributed by atoms with Gasteiger partial charge in [0.1, 0.15) is 6.04 Å². The van der Waals surface area contributed by atoms with Crippen LogP contribution in [-0.4, -0.2) is 65.2 Å². The van der Waals surface area contributed by atoms with Crippen LogP contribution in [0.1, 0.15) is 45.4 Å². The standard InChI is InChI=1S/C15H27N3O3/c1-3-4-5-13(14(19)20)16-15(21)18-9-8-11-6-7-12(10-18)17(11)2/h11-13H,3-10H2,1-2H3,(H,16,21)(H,19,20). The molecule has 2 bridgehead atoms. The number of carboxylic acid groups (broad SMARTS) is 1. The third-order valence-electron chi connectivity index (χ3n) is 4.88. The Balaban J connectivity index is 1.91. The molecular formula is C15H27N3O3. The van der Waals surface area contributed by atoms with E-state index in [0.717, 1.165) is 32.2 Å². The monoisotopic (exact) mass is 297 g/mol. The molecule has 3 unspecified atom stereocenters. The van der Waals surface area contributed by atoms with Crippen molar-refractivity contribution >= 4 is 12.0 Å². The average molecular weight is 297 g/mol. The number of hydrogen-bond donors (Lipinski definition) is 2. The molecule has 2 fully saturated rings. The first-order valence-corrected chi connectivity index (χ1v) is 8.03. The number of nitrogens with zero attached hydrogens (tertiary/aromatic N) is 2. The minimum Gasteiger partial charge on any atom is -0.480 e. The predicted molar refractivity (Wildman–Crippen MR) is 80.2 cm³/mol. The number of fused-ring (bicyclic) bond motifs is 2. The highest BCUT2D eigenvalue weighted by Gasteiger charge is 2.36. The Morgan fingerprint density at radius 3 is 2.67 bits per heavy atom. The minimum absolute atomic E-state index is 0.223. The van der Waals surface area contributed by atoms with Crippen LogP contribution in [0.3, 0.4) is 0 Å². The molecule has 2 saturated heterocycles. The van der Waals surface area contributed by atoms with Gasteiger partial charge in [-0.25, -0.2) is 9.59 Å². The lowest BCUT2D eigenvalue weighted by Gasteiger charge is -2.27. The SMILES string of the molecule is CCCCC(NC(=O)N1CCC2CCC(C1)N2C)C(=O)O. The molecule has 0 aromatic rings. The Morgan fingerprint density at radius 1 is 1.29 bits per heavy atom.